The number of carbonyl (C=O) groups excluding carboxylic acids is 1. The number of hydrogen-bond acceptors (Lipinski definition) is 8. The van der Waals surface area contributed by atoms with Crippen LogP contribution in [0.25, 0.3) is 11.5 Å². The molecule has 0 saturated carbocycles. The molecular weight excluding hydrogens is 452 g/mol. The first-order valence-corrected chi connectivity index (χ1v) is 11.6. The number of hydrogen-bond donors (Lipinski definition) is 0. The molecule has 1 amide bonds. The third kappa shape index (κ3) is 4.55. The smallest absolute Gasteiger partial charge is 0.281 e. The van der Waals surface area contributed by atoms with Crippen molar-refractivity contribution in [2.75, 3.05) is 13.7 Å². The second kappa shape index (κ2) is 9.48. The standard InChI is InChI=1S/C25H22N4O4S/c1-16-26-27-25(33-16)18-7-11-20(12-8-18)32-15-24(30)29-22(17-5-9-19(31-2)10-6-17)14-21(28-29)23-4-3-13-34-23/h3-13,22H,14-15H2,1-2H3. The Hall–Kier alpha value is -3.98. The normalized spacial score (nSPS) is 15.3. The Kier molecular flexibility index (Phi) is 6.09. The molecule has 9 heteroatoms. The number of carbonyl (C=O) groups is 1. The van der Waals surface area contributed by atoms with Crippen molar-refractivity contribution in [3.63, 3.8) is 0 Å². The van der Waals surface area contributed by atoms with Gasteiger partial charge in [0.15, 0.2) is 6.61 Å². The zero-order chi connectivity index (χ0) is 23.5. The first kappa shape index (κ1) is 21.8. The largest absolute Gasteiger partial charge is 0.497 e. The lowest BCUT2D eigenvalue weighted by Gasteiger charge is -2.22. The van der Waals surface area contributed by atoms with E-state index in [1.54, 1.807) is 37.5 Å². The number of aryl methyl sites for hydroxylation is 1. The molecule has 5 rings (SSSR count). The summed E-state index contributed by atoms with van der Waals surface area (Å²) in [5.41, 5.74) is 2.66. The molecule has 0 saturated heterocycles. The minimum absolute atomic E-state index is 0.132. The zero-order valence-electron chi connectivity index (χ0n) is 18.7. The number of hydrazone groups is 1. The van der Waals surface area contributed by atoms with E-state index in [1.165, 1.54) is 5.01 Å². The van der Waals surface area contributed by atoms with Gasteiger partial charge < -0.3 is 13.9 Å². The van der Waals surface area contributed by atoms with E-state index in [0.29, 0.717) is 24.0 Å². The molecule has 172 valence electrons. The van der Waals surface area contributed by atoms with Gasteiger partial charge in [-0.15, -0.1) is 21.5 Å². The molecule has 34 heavy (non-hydrogen) atoms. The van der Waals surface area contributed by atoms with Crippen LogP contribution in [0.1, 0.15) is 28.8 Å². The van der Waals surface area contributed by atoms with E-state index in [0.717, 1.165) is 27.5 Å². The fourth-order valence-corrected chi connectivity index (χ4v) is 4.46. The van der Waals surface area contributed by atoms with E-state index in [1.807, 2.05) is 53.9 Å². The van der Waals surface area contributed by atoms with E-state index in [-0.39, 0.29) is 18.6 Å². The van der Waals surface area contributed by atoms with Gasteiger partial charge in [-0.05, 0) is 53.4 Å². The van der Waals surface area contributed by atoms with E-state index in [2.05, 4.69) is 15.3 Å². The van der Waals surface area contributed by atoms with Crippen molar-refractivity contribution in [3.05, 3.63) is 82.4 Å². The lowest BCUT2D eigenvalue weighted by molar-refractivity contribution is -0.135. The van der Waals surface area contributed by atoms with Crippen LogP contribution in [-0.2, 0) is 4.79 Å². The quantitative estimate of drug-likeness (QED) is 0.380. The van der Waals surface area contributed by atoms with Crippen LogP contribution in [0.3, 0.4) is 0 Å². The average Bonchev–Trinajstić information content (AvgIpc) is 3.64. The summed E-state index contributed by atoms with van der Waals surface area (Å²) in [5, 5.41) is 16.1. The molecule has 0 aliphatic carbocycles. The summed E-state index contributed by atoms with van der Waals surface area (Å²) in [6.07, 6.45) is 0.636. The van der Waals surface area contributed by atoms with Gasteiger partial charge in [-0.3, -0.25) is 4.79 Å². The van der Waals surface area contributed by atoms with Crippen molar-refractivity contribution in [2.45, 2.75) is 19.4 Å². The average molecular weight is 475 g/mol. The zero-order valence-corrected chi connectivity index (χ0v) is 19.5. The van der Waals surface area contributed by atoms with E-state index < -0.39 is 0 Å². The summed E-state index contributed by atoms with van der Waals surface area (Å²) in [7, 11) is 1.63. The first-order chi connectivity index (χ1) is 16.6. The van der Waals surface area contributed by atoms with Gasteiger partial charge in [0.2, 0.25) is 11.8 Å². The fraction of sp³-hybridized carbons (Fsp3) is 0.200. The van der Waals surface area contributed by atoms with Gasteiger partial charge in [-0.1, -0.05) is 18.2 Å². The monoisotopic (exact) mass is 474 g/mol. The molecular formula is C25H22N4O4S. The molecule has 1 unspecified atom stereocenters. The molecule has 3 heterocycles. The molecule has 4 aromatic rings. The van der Waals surface area contributed by atoms with Crippen LogP contribution in [0.5, 0.6) is 11.5 Å². The SMILES string of the molecule is COc1ccc(C2CC(c3cccs3)=NN2C(=O)COc2ccc(-c3nnc(C)o3)cc2)cc1. The van der Waals surface area contributed by atoms with Crippen LogP contribution in [0.15, 0.2) is 75.6 Å². The van der Waals surface area contributed by atoms with Crippen molar-refractivity contribution >= 4 is 23.0 Å². The third-order valence-electron chi connectivity index (χ3n) is 5.46. The molecule has 0 fully saturated rings. The lowest BCUT2D eigenvalue weighted by atomic mass is 10.0. The molecule has 2 aromatic heterocycles. The van der Waals surface area contributed by atoms with Gasteiger partial charge in [0.1, 0.15) is 11.5 Å². The predicted molar refractivity (Wildman–Crippen MR) is 128 cm³/mol. The summed E-state index contributed by atoms with van der Waals surface area (Å²) >= 11 is 1.61. The van der Waals surface area contributed by atoms with Crippen LogP contribution in [0, 0.1) is 6.92 Å². The Morgan fingerprint density at radius 3 is 2.50 bits per heavy atom. The number of benzene rings is 2. The highest BCUT2D eigenvalue weighted by Crippen LogP contribution is 2.34. The fourth-order valence-electron chi connectivity index (χ4n) is 3.74. The van der Waals surface area contributed by atoms with Gasteiger partial charge in [-0.2, -0.15) is 5.10 Å². The Morgan fingerprint density at radius 2 is 1.85 bits per heavy atom. The topological polar surface area (TPSA) is 90.0 Å². The maximum Gasteiger partial charge on any atom is 0.281 e. The van der Waals surface area contributed by atoms with E-state index >= 15 is 0 Å². The molecule has 2 aromatic carbocycles. The third-order valence-corrected chi connectivity index (χ3v) is 6.38. The highest BCUT2D eigenvalue weighted by molar-refractivity contribution is 7.12. The Morgan fingerprint density at radius 1 is 1.09 bits per heavy atom. The van der Waals surface area contributed by atoms with Crippen LogP contribution in [0.4, 0.5) is 0 Å². The lowest BCUT2D eigenvalue weighted by Crippen LogP contribution is -2.31. The molecule has 1 aliphatic heterocycles. The number of thiophene rings is 1. The van der Waals surface area contributed by atoms with E-state index in [9.17, 15) is 4.79 Å². The van der Waals surface area contributed by atoms with Crippen molar-refractivity contribution in [2.24, 2.45) is 5.10 Å². The minimum atomic E-state index is -0.219. The molecule has 1 aliphatic rings. The molecule has 0 N–H and O–H groups in total. The van der Waals surface area contributed by atoms with Gasteiger partial charge in [0, 0.05) is 18.9 Å². The number of nitrogens with zero attached hydrogens (tertiary/aromatic N) is 4. The summed E-state index contributed by atoms with van der Waals surface area (Å²) in [6.45, 7) is 1.61. The first-order valence-electron chi connectivity index (χ1n) is 10.7. The maximum atomic E-state index is 13.2. The summed E-state index contributed by atoms with van der Waals surface area (Å²) < 4.78 is 16.5. The number of aromatic nitrogens is 2. The number of ether oxygens (including phenoxy) is 2. The van der Waals surface area contributed by atoms with Gasteiger partial charge in [0.25, 0.3) is 5.91 Å². The minimum Gasteiger partial charge on any atom is -0.497 e. The van der Waals surface area contributed by atoms with Crippen LogP contribution >= 0.6 is 11.3 Å². The second-order valence-corrected chi connectivity index (χ2v) is 8.64. The molecule has 8 nitrogen and oxygen atoms in total. The number of rotatable bonds is 7. The molecule has 0 spiro atoms. The maximum absolute atomic E-state index is 13.2. The molecule has 0 bridgehead atoms. The van der Waals surface area contributed by atoms with Crippen molar-refractivity contribution < 1.29 is 18.7 Å². The summed E-state index contributed by atoms with van der Waals surface area (Å²) in [6, 6.07) is 18.7. The molecule has 1 atom stereocenters. The number of methoxy groups -OCH3 is 1. The second-order valence-electron chi connectivity index (χ2n) is 7.69. The highest BCUT2D eigenvalue weighted by Gasteiger charge is 2.33. The van der Waals surface area contributed by atoms with Crippen LogP contribution < -0.4 is 9.47 Å². The van der Waals surface area contributed by atoms with Crippen molar-refractivity contribution in [1.29, 1.82) is 0 Å². The Labute approximate surface area is 200 Å². The summed E-state index contributed by atoms with van der Waals surface area (Å²) in [5.74, 6) is 2.05. The number of amides is 1. The van der Waals surface area contributed by atoms with Gasteiger partial charge in [0.05, 0.1) is 23.7 Å². The Balaban J connectivity index is 1.31. The van der Waals surface area contributed by atoms with Crippen molar-refractivity contribution in [1.82, 2.24) is 15.2 Å². The van der Waals surface area contributed by atoms with E-state index in [4.69, 9.17) is 13.9 Å². The predicted octanol–water partition coefficient (Wildman–Crippen LogP) is 4.87. The van der Waals surface area contributed by atoms with Crippen molar-refractivity contribution in [3.8, 4) is 23.0 Å². The Bertz CT molecular complexity index is 1300. The summed E-state index contributed by atoms with van der Waals surface area (Å²) in [4.78, 5) is 14.2. The van der Waals surface area contributed by atoms with Gasteiger partial charge in [-0.25, -0.2) is 5.01 Å². The van der Waals surface area contributed by atoms with Crippen LogP contribution in [-0.4, -0.2) is 40.5 Å². The van der Waals surface area contributed by atoms with Gasteiger partial charge >= 0.3 is 0 Å². The van der Waals surface area contributed by atoms with Crippen LogP contribution in [0.2, 0.25) is 0 Å². The molecule has 0 radical (unpaired) electrons. The highest BCUT2D eigenvalue weighted by atomic mass is 32.1.